The summed E-state index contributed by atoms with van der Waals surface area (Å²) in [5, 5.41) is 3.60. The van der Waals surface area contributed by atoms with Gasteiger partial charge in [0.1, 0.15) is 5.82 Å². The van der Waals surface area contributed by atoms with Crippen molar-refractivity contribution in [3.63, 3.8) is 0 Å². The first-order valence-electron chi connectivity index (χ1n) is 7.14. The van der Waals surface area contributed by atoms with E-state index in [9.17, 15) is 4.39 Å². The largest absolute Gasteiger partial charge is 0.314 e. The van der Waals surface area contributed by atoms with Crippen LogP contribution in [0.5, 0.6) is 0 Å². The smallest absolute Gasteiger partial charge is 0.123 e. The van der Waals surface area contributed by atoms with Gasteiger partial charge < -0.3 is 5.32 Å². The maximum Gasteiger partial charge on any atom is 0.123 e. The summed E-state index contributed by atoms with van der Waals surface area (Å²) in [6.07, 6.45) is 4.88. The number of hydrogen-bond acceptors (Lipinski definition) is 1. The fourth-order valence-corrected chi connectivity index (χ4v) is 2.63. The summed E-state index contributed by atoms with van der Waals surface area (Å²) in [5.74, 6) is 1.25. The van der Waals surface area contributed by atoms with Gasteiger partial charge in [-0.15, -0.1) is 0 Å². The van der Waals surface area contributed by atoms with E-state index in [-0.39, 0.29) is 5.82 Å². The zero-order valence-corrected chi connectivity index (χ0v) is 11.5. The van der Waals surface area contributed by atoms with Crippen molar-refractivity contribution in [3.8, 4) is 0 Å². The van der Waals surface area contributed by atoms with Gasteiger partial charge in [-0.2, -0.15) is 0 Å². The molecule has 0 aromatic heterocycles. The van der Waals surface area contributed by atoms with Crippen LogP contribution in [0.25, 0.3) is 0 Å². The fraction of sp³-hybridized carbons (Fsp3) is 0.625. The molecule has 0 heterocycles. The van der Waals surface area contributed by atoms with Crippen LogP contribution in [0.3, 0.4) is 0 Å². The van der Waals surface area contributed by atoms with Crippen molar-refractivity contribution in [2.24, 2.45) is 5.92 Å². The molecule has 1 N–H and O–H groups in total. The van der Waals surface area contributed by atoms with E-state index < -0.39 is 0 Å². The highest BCUT2D eigenvalue weighted by atomic mass is 19.1. The van der Waals surface area contributed by atoms with E-state index in [1.165, 1.54) is 18.9 Å². The van der Waals surface area contributed by atoms with E-state index in [1.807, 2.05) is 12.1 Å². The Kier molecular flexibility index (Phi) is 4.76. The van der Waals surface area contributed by atoms with E-state index in [1.54, 1.807) is 6.07 Å². The van der Waals surface area contributed by atoms with Gasteiger partial charge >= 0.3 is 0 Å². The molecule has 1 aromatic rings. The van der Waals surface area contributed by atoms with Crippen LogP contribution in [-0.4, -0.2) is 12.6 Å². The molecule has 0 radical (unpaired) electrons. The average molecular weight is 249 g/mol. The Hall–Kier alpha value is -0.890. The minimum atomic E-state index is -0.110. The molecule has 1 aromatic carbocycles. The van der Waals surface area contributed by atoms with Crippen molar-refractivity contribution in [1.29, 1.82) is 0 Å². The third-order valence-electron chi connectivity index (χ3n) is 3.85. The molecule has 0 spiro atoms. The predicted molar refractivity (Wildman–Crippen MR) is 74.2 cm³/mol. The second-order valence-corrected chi connectivity index (χ2v) is 5.91. The number of nitrogens with one attached hydrogen (secondary N) is 1. The van der Waals surface area contributed by atoms with Crippen molar-refractivity contribution in [2.45, 2.75) is 51.5 Å². The highest BCUT2D eigenvalue weighted by molar-refractivity contribution is 5.23. The lowest BCUT2D eigenvalue weighted by Gasteiger charge is -2.36. The van der Waals surface area contributed by atoms with Gasteiger partial charge in [0.15, 0.2) is 0 Å². The van der Waals surface area contributed by atoms with Gasteiger partial charge in [-0.1, -0.05) is 26.0 Å². The average Bonchev–Trinajstić information content (AvgIpc) is 2.25. The molecular weight excluding hydrogens is 225 g/mol. The van der Waals surface area contributed by atoms with Crippen molar-refractivity contribution in [2.75, 3.05) is 6.54 Å². The van der Waals surface area contributed by atoms with Crippen molar-refractivity contribution in [3.05, 3.63) is 35.6 Å². The molecule has 1 aliphatic rings. The summed E-state index contributed by atoms with van der Waals surface area (Å²) in [6, 6.07) is 7.70. The lowest BCUT2D eigenvalue weighted by atomic mass is 9.76. The zero-order chi connectivity index (χ0) is 13.0. The summed E-state index contributed by atoms with van der Waals surface area (Å²) in [4.78, 5) is 0. The van der Waals surface area contributed by atoms with Crippen molar-refractivity contribution in [1.82, 2.24) is 5.32 Å². The summed E-state index contributed by atoms with van der Waals surface area (Å²) in [7, 11) is 0. The van der Waals surface area contributed by atoms with Gasteiger partial charge in [-0.05, 0) is 61.8 Å². The molecule has 2 rings (SSSR count). The molecule has 2 heteroatoms. The second kappa shape index (κ2) is 6.33. The topological polar surface area (TPSA) is 12.0 Å². The molecule has 0 bridgehead atoms. The normalized spacial score (nSPS) is 23.1. The summed E-state index contributed by atoms with van der Waals surface area (Å²) in [5.41, 5.74) is 1.16. The van der Waals surface area contributed by atoms with E-state index >= 15 is 0 Å². The van der Waals surface area contributed by atoms with Gasteiger partial charge in [0.2, 0.25) is 0 Å². The SMILES string of the molecule is CC(C)CCCNC1CC(c2cccc(F)c2)C1. The minimum absolute atomic E-state index is 0.110. The highest BCUT2D eigenvalue weighted by Gasteiger charge is 2.29. The quantitative estimate of drug-likeness (QED) is 0.748. The van der Waals surface area contributed by atoms with E-state index in [0.717, 1.165) is 30.9 Å². The maximum atomic E-state index is 13.1. The third-order valence-corrected chi connectivity index (χ3v) is 3.85. The first kappa shape index (κ1) is 13.5. The summed E-state index contributed by atoms with van der Waals surface area (Å²) in [6.45, 7) is 5.66. The molecular formula is C16H24FN. The van der Waals surface area contributed by atoms with Gasteiger partial charge in [0.25, 0.3) is 0 Å². The number of halogens is 1. The molecule has 100 valence electrons. The molecule has 0 unspecified atom stereocenters. The monoisotopic (exact) mass is 249 g/mol. The Balaban J connectivity index is 1.65. The molecule has 0 atom stereocenters. The second-order valence-electron chi connectivity index (χ2n) is 5.91. The van der Waals surface area contributed by atoms with E-state index in [4.69, 9.17) is 0 Å². The Morgan fingerprint density at radius 3 is 2.78 bits per heavy atom. The molecule has 1 fully saturated rings. The molecule has 0 aliphatic heterocycles. The Labute approximate surface area is 110 Å². The molecule has 0 amide bonds. The van der Waals surface area contributed by atoms with Crippen LogP contribution >= 0.6 is 0 Å². The number of hydrogen-bond donors (Lipinski definition) is 1. The highest BCUT2D eigenvalue weighted by Crippen LogP contribution is 2.36. The predicted octanol–water partition coefficient (Wildman–Crippen LogP) is 4.10. The van der Waals surface area contributed by atoms with E-state index in [0.29, 0.717) is 12.0 Å². The van der Waals surface area contributed by atoms with Crippen LogP contribution in [-0.2, 0) is 0 Å². The number of benzene rings is 1. The van der Waals surface area contributed by atoms with Crippen LogP contribution in [0.4, 0.5) is 4.39 Å². The van der Waals surface area contributed by atoms with Gasteiger partial charge in [0.05, 0.1) is 0 Å². The Morgan fingerprint density at radius 2 is 2.11 bits per heavy atom. The Morgan fingerprint density at radius 1 is 1.33 bits per heavy atom. The van der Waals surface area contributed by atoms with Gasteiger partial charge in [-0.25, -0.2) is 4.39 Å². The first-order valence-corrected chi connectivity index (χ1v) is 7.14. The third kappa shape index (κ3) is 3.81. The minimum Gasteiger partial charge on any atom is -0.314 e. The van der Waals surface area contributed by atoms with Crippen LogP contribution in [0.2, 0.25) is 0 Å². The van der Waals surface area contributed by atoms with Crippen LogP contribution in [0.15, 0.2) is 24.3 Å². The zero-order valence-electron chi connectivity index (χ0n) is 11.5. The van der Waals surface area contributed by atoms with Gasteiger partial charge in [-0.3, -0.25) is 0 Å². The Bertz CT molecular complexity index is 369. The fourth-order valence-electron chi connectivity index (χ4n) is 2.63. The summed E-state index contributed by atoms with van der Waals surface area (Å²) >= 11 is 0. The lowest BCUT2D eigenvalue weighted by Crippen LogP contribution is -2.40. The molecule has 0 saturated heterocycles. The first-order chi connectivity index (χ1) is 8.65. The molecule has 1 aliphatic carbocycles. The van der Waals surface area contributed by atoms with E-state index in [2.05, 4.69) is 19.2 Å². The summed E-state index contributed by atoms with van der Waals surface area (Å²) < 4.78 is 13.1. The van der Waals surface area contributed by atoms with Gasteiger partial charge in [0, 0.05) is 6.04 Å². The molecule has 1 saturated carbocycles. The van der Waals surface area contributed by atoms with Crippen molar-refractivity contribution >= 4 is 0 Å². The standard InChI is InChI=1S/C16H24FN/c1-12(2)5-4-8-18-16-10-14(11-16)13-6-3-7-15(17)9-13/h3,6-7,9,12,14,16,18H,4-5,8,10-11H2,1-2H3. The maximum absolute atomic E-state index is 13.1. The van der Waals surface area contributed by atoms with Crippen LogP contribution in [0, 0.1) is 11.7 Å². The molecule has 1 nitrogen and oxygen atoms in total. The van der Waals surface area contributed by atoms with Crippen LogP contribution < -0.4 is 5.32 Å². The van der Waals surface area contributed by atoms with Crippen LogP contribution in [0.1, 0.15) is 51.0 Å². The lowest BCUT2D eigenvalue weighted by molar-refractivity contribution is 0.287. The molecule has 18 heavy (non-hydrogen) atoms. The van der Waals surface area contributed by atoms with Crippen molar-refractivity contribution < 1.29 is 4.39 Å². The number of rotatable bonds is 6.